The molecule has 3 heterocycles. The lowest BCUT2D eigenvalue weighted by atomic mass is 10.1. The Labute approximate surface area is 186 Å². The number of aromatic amines is 1. The smallest absolute Gasteiger partial charge is 0.254 e. The number of rotatable bonds is 5. The Morgan fingerprint density at radius 1 is 1.03 bits per heavy atom. The fourth-order valence-electron chi connectivity index (χ4n) is 4.16. The summed E-state index contributed by atoms with van der Waals surface area (Å²) >= 11 is 0. The molecule has 4 aromatic rings. The van der Waals surface area contributed by atoms with Crippen molar-refractivity contribution in [2.75, 3.05) is 33.3 Å². The first kappa shape index (κ1) is 20.2. The molecular weight excluding hydrogens is 402 g/mol. The third-order valence-electron chi connectivity index (χ3n) is 5.93. The van der Waals surface area contributed by atoms with Crippen molar-refractivity contribution in [1.29, 1.82) is 0 Å². The molecule has 1 N–H and O–H groups in total. The lowest BCUT2D eigenvalue weighted by Crippen LogP contribution is -2.48. The number of carbonyl (C=O) groups excluding carboxylic acids is 1. The monoisotopic (exact) mass is 427 g/mol. The van der Waals surface area contributed by atoms with Crippen molar-refractivity contribution < 1.29 is 9.53 Å². The summed E-state index contributed by atoms with van der Waals surface area (Å²) in [5, 5.41) is 0. The minimum absolute atomic E-state index is 0.0592. The molecule has 2 aromatic heterocycles. The molecule has 7 heteroatoms. The lowest BCUT2D eigenvalue weighted by molar-refractivity contribution is 0.0627. The third kappa shape index (κ3) is 4.07. The molecule has 0 saturated carbocycles. The van der Waals surface area contributed by atoms with Crippen LogP contribution in [0.2, 0.25) is 0 Å². The van der Waals surface area contributed by atoms with E-state index >= 15 is 0 Å². The Bertz CT molecular complexity index is 1230. The Balaban J connectivity index is 1.26. The van der Waals surface area contributed by atoms with Gasteiger partial charge in [0.1, 0.15) is 11.6 Å². The van der Waals surface area contributed by atoms with E-state index in [-0.39, 0.29) is 5.91 Å². The highest BCUT2D eigenvalue weighted by molar-refractivity contribution is 5.97. The van der Waals surface area contributed by atoms with Gasteiger partial charge in [-0.1, -0.05) is 18.2 Å². The summed E-state index contributed by atoms with van der Waals surface area (Å²) in [7, 11) is 1.70. The molecule has 0 aliphatic carbocycles. The minimum Gasteiger partial charge on any atom is -0.496 e. The number of pyridine rings is 1. The Hall–Kier alpha value is -3.71. The number of H-pyrrole nitrogens is 1. The molecular formula is C25H25N5O2. The van der Waals surface area contributed by atoms with Crippen LogP contribution in [0.25, 0.3) is 22.4 Å². The largest absolute Gasteiger partial charge is 0.496 e. The number of amides is 1. The second-order valence-corrected chi connectivity index (χ2v) is 7.93. The quantitative estimate of drug-likeness (QED) is 0.527. The summed E-state index contributed by atoms with van der Waals surface area (Å²) in [6.45, 7) is 3.91. The molecule has 0 unspecified atom stereocenters. The van der Waals surface area contributed by atoms with E-state index < -0.39 is 0 Å². The van der Waals surface area contributed by atoms with Crippen LogP contribution in [0.4, 0.5) is 0 Å². The number of fused-ring (bicyclic) bond motifs is 1. The molecule has 2 aromatic carbocycles. The number of nitrogens with one attached hydrogen (secondary N) is 1. The van der Waals surface area contributed by atoms with Gasteiger partial charge < -0.3 is 14.6 Å². The van der Waals surface area contributed by atoms with Crippen LogP contribution >= 0.6 is 0 Å². The van der Waals surface area contributed by atoms with Gasteiger partial charge in [-0.3, -0.25) is 14.7 Å². The first-order chi connectivity index (χ1) is 15.7. The van der Waals surface area contributed by atoms with Crippen LogP contribution in [0.5, 0.6) is 5.75 Å². The van der Waals surface area contributed by atoms with Crippen LogP contribution in [0.3, 0.4) is 0 Å². The van der Waals surface area contributed by atoms with Crippen molar-refractivity contribution in [2.45, 2.75) is 6.54 Å². The predicted octanol–water partition coefficient (Wildman–Crippen LogP) is 3.59. The van der Waals surface area contributed by atoms with E-state index in [1.54, 1.807) is 19.5 Å². The summed E-state index contributed by atoms with van der Waals surface area (Å²) in [4.78, 5) is 29.4. The second-order valence-electron chi connectivity index (χ2n) is 7.93. The van der Waals surface area contributed by atoms with E-state index in [1.807, 2.05) is 53.4 Å². The molecule has 7 nitrogen and oxygen atoms in total. The van der Waals surface area contributed by atoms with Crippen LogP contribution in [0.15, 0.2) is 67.0 Å². The number of para-hydroxylation sites is 1. The van der Waals surface area contributed by atoms with Gasteiger partial charge in [0.25, 0.3) is 5.91 Å². The Morgan fingerprint density at radius 3 is 2.59 bits per heavy atom. The van der Waals surface area contributed by atoms with E-state index in [1.165, 1.54) is 5.56 Å². The van der Waals surface area contributed by atoms with Crippen molar-refractivity contribution in [3.05, 3.63) is 78.1 Å². The van der Waals surface area contributed by atoms with E-state index in [0.29, 0.717) is 18.7 Å². The summed E-state index contributed by atoms with van der Waals surface area (Å²) in [5.41, 5.74) is 4.52. The maximum Gasteiger partial charge on any atom is 0.254 e. The highest BCUT2D eigenvalue weighted by atomic mass is 16.5. The second kappa shape index (κ2) is 8.80. The van der Waals surface area contributed by atoms with Gasteiger partial charge in [-0.25, -0.2) is 4.98 Å². The summed E-state index contributed by atoms with van der Waals surface area (Å²) in [5.74, 6) is 1.74. The highest BCUT2D eigenvalue weighted by Crippen LogP contribution is 2.23. The fraction of sp³-hybridized carbons (Fsp3) is 0.240. The predicted molar refractivity (Wildman–Crippen MR) is 123 cm³/mol. The maximum atomic E-state index is 13.1. The van der Waals surface area contributed by atoms with Gasteiger partial charge in [-0.05, 0) is 36.4 Å². The van der Waals surface area contributed by atoms with Crippen molar-refractivity contribution in [3.63, 3.8) is 0 Å². The van der Waals surface area contributed by atoms with E-state index in [0.717, 1.165) is 47.8 Å². The van der Waals surface area contributed by atoms with E-state index in [4.69, 9.17) is 4.74 Å². The minimum atomic E-state index is 0.0592. The van der Waals surface area contributed by atoms with Gasteiger partial charge in [0.05, 0.1) is 18.1 Å². The Morgan fingerprint density at radius 2 is 1.81 bits per heavy atom. The van der Waals surface area contributed by atoms with Crippen molar-refractivity contribution in [3.8, 4) is 17.1 Å². The zero-order valence-electron chi connectivity index (χ0n) is 18.0. The Kier molecular flexibility index (Phi) is 5.56. The van der Waals surface area contributed by atoms with Crippen molar-refractivity contribution in [2.24, 2.45) is 0 Å². The molecule has 1 aliphatic heterocycles. The summed E-state index contributed by atoms with van der Waals surface area (Å²) < 4.78 is 5.47. The van der Waals surface area contributed by atoms with Gasteiger partial charge in [0, 0.05) is 61.8 Å². The molecule has 1 saturated heterocycles. The first-order valence-corrected chi connectivity index (χ1v) is 10.7. The molecule has 0 atom stereocenters. The van der Waals surface area contributed by atoms with Crippen LogP contribution in [0, 0.1) is 0 Å². The fourth-order valence-corrected chi connectivity index (χ4v) is 4.16. The van der Waals surface area contributed by atoms with Crippen LogP contribution in [-0.2, 0) is 6.54 Å². The molecule has 1 amide bonds. The number of imidazole rings is 1. The SMILES string of the molecule is COc1ccccc1CN1CCN(C(=O)c2ccc3nc(-c4ccncc4)[nH]c3c2)CC1. The highest BCUT2D eigenvalue weighted by Gasteiger charge is 2.23. The van der Waals surface area contributed by atoms with Crippen molar-refractivity contribution in [1.82, 2.24) is 24.8 Å². The van der Waals surface area contributed by atoms with Gasteiger partial charge in [-0.2, -0.15) is 0 Å². The molecule has 1 aliphatic rings. The van der Waals surface area contributed by atoms with Gasteiger partial charge >= 0.3 is 0 Å². The molecule has 0 radical (unpaired) electrons. The molecule has 0 spiro atoms. The summed E-state index contributed by atoms with van der Waals surface area (Å²) in [6, 6.07) is 17.6. The molecule has 5 rings (SSSR count). The van der Waals surface area contributed by atoms with E-state index in [9.17, 15) is 4.79 Å². The van der Waals surface area contributed by atoms with Gasteiger partial charge in [-0.15, -0.1) is 0 Å². The average Bonchev–Trinajstić information content (AvgIpc) is 3.28. The molecule has 0 bridgehead atoms. The van der Waals surface area contributed by atoms with Crippen molar-refractivity contribution >= 4 is 16.9 Å². The molecule has 162 valence electrons. The average molecular weight is 428 g/mol. The zero-order valence-corrected chi connectivity index (χ0v) is 18.0. The normalized spacial score (nSPS) is 14.6. The number of nitrogens with zero attached hydrogens (tertiary/aromatic N) is 4. The number of methoxy groups -OCH3 is 1. The number of ether oxygens (including phenoxy) is 1. The molecule has 32 heavy (non-hydrogen) atoms. The lowest BCUT2D eigenvalue weighted by Gasteiger charge is -2.35. The van der Waals surface area contributed by atoms with Gasteiger partial charge in [0.15, 0.2) is 0 Å². The number of hydrogen-bond donors (Lipinski definition) is 1. The van der Waals surface area contributed by atoms with E-state index in [2.05, 4.69) is 25.9 Å². The zero-order chi connectivity index (χ0) is 21.9. The van der Waals surface area contributed by atoms with Crippen LogP contribution < -0.4 is 4.74 Å². The first-order valence-electron chi connectivity index (χ1n) is 10.7. The number of piperazine rings is 1. The van der Waals surface area contributed by atoms with Crippen LogP contribution in [0.1, 0.15) is 15.9 Å². The number of aromatic nitrogens is 3. The van der Waals surface area contributed by atoms with Gasteiger partial charge in [0.2, 0.25) is 0 Å². The topological polar surface area (TPSA) is 74.3 Å². The van der Waals surface area contributed by atoms with Crippen LogP contribution in [-0.4, -0.2) is 63.9 Å². The third-order valence-corrected chi connectivity index (χ3v) is 5.93. The summed E-state index contributed by atoms with van der Waals surface area (Å²) in [6.07, 6.45) is 3.48. The molecule has 1 fully saturated rings. The number of carbonyl (C=O) groups is 1. The number of benzene rings is 2. The number of hydrogen-bond acceptors (Lipinski definition) is 5. The maximum absolute atomic E-state index is 13.1. The standard InChI is InChI=1S/C25H25N5O2/c1-32-23-5-3-2-4-20(23)17-29-12-14-30(15-13-29)25(31)19-6-7-21-22(16-19)28-24(27-21)18-8-10-26-11-9-18/h2-11,16H,12-15,17H2,1H3,(H,27,28).